The van der Waals surface area contributed by atoms with Crippen LogP contribution < -0.4 is 22.1 Å². The highest BCUT2D eigenvalue weighted by Crippen LogP contribution is 2.26. The minimum atomic E-state index is -0.617. The molecule has 6 heteroatoms. The normalized spacial score (nSPS) is 11.0. The molecule has 0 aliphatic heterocycles. The number of carbonyl (C=O) groups is 2. The summed E-state index contributed by atoms with van der Waals surface area (Å²) in [6.07, 6.45) is 2.14. The number of hydrogen-bond donors (Lipinski definition) is 4. The molecule has 0 saturated carbocycles. The molecule has 0 spiro atoms. The molecule has 0 atom stereocenters. The Morgan fingerprint density at radius 3 is 2.05 bits per heavy atom. The zero-order valence-corrected chi connectivity index (χ0v) is 12.6. The third-order valence-electron chi connectivity index (χ3n) is 3.29. The van der Waals surface area contributed by atoms with E-state index >= 15 is 0 Å². The van der Waals surface area contributed by atoms with E-state index in [9.17, 15) is 9.59 Å². The van der Waals surface area contributed by atoms with E-state index in [2.05, 4.69) is 24.5 Å². The van der Waals surface area contributed by atoms with Crippen molar-refractivity contribution in [2.75, 3.05) is 17.2 Å². The predicted octanol–water partition coefficient (Wildman–Crippen LogP) is 2.27. The summed E-state index contributed by atoms with van der Waals surface area (Å²) in [5, 5.41) is 5.28. The van der Waals surface area contributed by atoms with Gasteiger partial charge in [-0.1, -0.05) is 13.8 Å². The van der Waals surface area contributed by atoms with Crippen LogP contribution in [0.5, 0.6) is 0 Å². The highest BCUT2D eigenvalue weighted by atomic mass is 16.2. The highest BCUT2D eigenvalue weighted by molar-refractivity contribution is 5.91. The van der Waals surface area contributed by atoms with Crippen molar-refractivity contribution >= 4 is 23.3 Å². The number of amides is 3. The van der Waals surface area contributed by atoms with Crippen molar-refractivity contribution < 1.29 is 9.59 Å². The van der Waals surface area contributed by atoms with Crippen molar-refractivity contribution in [1.82, 2.24) is 0 Å². The van der Waals surface area contributed by atoms with Crippen molar-refractivity contribution in [3.8, 4) is 0 Å². The quantitative estimate of drug-likeness (QED) is 0.618. The largest absolute Gasteiger partial charge is 0.351 e. The molecule has 6 N–H and O–H groups in total. The monoisotopic (exact) mass is 292 g/mol. The summed E-state index contributed by atoms with van der Waals surface area (Å²) in [7, 11) is 0. The van der Waals surface area contributed by atoms with Gasteiger partial charge in [-0.05, 0) is 49.1 Å². The maximum absolute atomic E-state index is 11.9. The Balaban J connectivity index is 2.46. The van der Waals surface area contributed by atoms with Crippen LogP contribution in [0.4, 0.5) is 16.2 Å². The van der Waals surface area contributed by atoms with E-state index in [0.29, 0.717) is 24.3 Å². The molecule has 0 aromatic heterocycles. The van der Waals surface area contributed by atoms with Gasteiger partial charge in [-0.25, -0.2) is 4.79 Å². The second-order valence-electron chi connectivity index (χ2n) is 5.82. The summed E-state index contributed by atoms with van der Waals surface area (Å²) in [4.78, 5) is 22.6. The van der Waals surface area contributed by atoms with Crippen LogP contribution in [0.25, 0.3) is 0 Å². The zero-order valence-electron chi connectivity index (χ0n) is 12.6. The van der Waals surface area contributed by atoms with Gasteiger partial charge in [-0.15, -0.1) is 0 Å². The van der Waals surface area contributed by atoms with Gasteiger partial charge in [0.05, 0.1) is 0 Å². The molecule has 0 bridgehead atoms. The van der Waals surface area contributed by atoms with E-state index in [1.807, 2.05) is 0 Å². The van der Waals surface area contributed by atoms with Crippen molar-refractivity contribution in [2.24, 2.45) is 16.9 Å². The number of urea groups is 1. The average molecular weight is 292 g/mol. The smallest absolute Gasteiger partial charge is 0.316 e. The lowest BCUT2D eigenvalue weighted by molar-refractivity contribution is -0.116. The lowest BCUT2D eigenvalue weighted by atomic mass is 9.84. The molecule has 1 rings (SSSR count). The van der Waals surface area contributed by atoms with E-state index in [1.165, 1.54) is 0 Å². The Morgan fingerprint density at radius 2 is 1.57 bits per heavy atom. The fraction of sp³-hybridized carbons (Fsp3) is 0.467. The molecule has 0 radical (unpaired) electrons. The van der Waals surface area contributed by atoms with Gasteiger partial charge in [-0.2, -0.15) is 0 Å². The second-order valence-corrected chi connectivity index (χ2v) is 5.82. The van der Waals surface area contributed by atoms with Gasteiger partial charge < -0.3 is 22.1 Å². The van der Waals surface area contributed by atoms with E-state index in [-0.39, 0.29) is 11.3 Å². The minimum absolute atomic E-state index is 0.0318. The fourth-order valence-corrected chi connectivity index (χ4v) is 1.97. The number of primary amides is 1. The third kappa shape index (κ3) is 6.76. The molecule has 1 aromatic rings. The Bertz CT molecular complexity index is 483. The lowest BCUT2D eigenvalue weighted by Gasteiger charge is -2.23. The summed E-state index contributed by atoms with van der Waals surface area (Å²) in [6, 6.07) is 6.17. The molecule has 116 valence electrons. The number of benzene rings is 1. The second kappa shape index (κ2) is 7.64. The summed E-state index contributed by atoms with van der Waals surface area (Å²) in [5.41, 5.74) is 11.9. The first kappa shape index (κ1) is 17.0. The maximum atomic E-state index is 11.9. The van der Waals surface area contributed by atoms with Crippen LogP contribution in [0.1, 0.15) is 33.1 Å². The Kier molecular flexibility index (Phi) is 6.17. The molecular weight excluding hydrogens is 268 g/mol. The van der Waals surface area contributed by atoms with Gasteiger partial charge in [-0.3, -0.25) is 4.79 Å². The molecule has 0 heterocycles. The molecule has 0 unspecified atom stereocenters. The van der Waals surface area contributed by atoms with E-state index in [1.54, 1.807) is 24.3 Å². The molecule has 0 saturated heterocycles. The first-order chi connectivity index (χ1) is 9.82. The predicted molar refractivity (Wildman–Crippen MR) is 85.0 cm³/mol. The lowest BCUT2D eigenvalue weighted by Crippen LogP contribution is -2.21. The molecule has 0 aliphatic carbocycles. The standard InChI is InChI=1S/C15H24N4O2/c1-15(2,9-10-16)8-7-13(20)18-11-3-5-12(6-4-11)19-14(17)21/h3-6H,7-10,16H2,1-2H3,(H,18,20)(H3,17,19,21). The molecule has 6 nitrogen and oxygen atoms in total. The van der Waals surface area contributed by atoms with Crippen LogP contribution in [0.15, 0.2) is 24.3 Å². The van der Waals surface area contributed by atoms with E-state index in [0.717, 1.165) is 12.8 Å². The van der Waals surface area contributed by atoms with Gasteiger partial charge in [0.15, 0.2) is 0 Å². The van der Waals surface area contributed by atoms with Crippen molar-refractivity contribution in [3.63, 3.8) is 0 Å². The van der Waals surface area contributed by atoms with Crippen LogP contribution in [0.2, 0.25) is 0 Å². The van der Waals surface area contributed by atoms with Crippen molar-refractivity contribution in [3.05, 3.63) is 24.3 Å². The molecule has 0 aliphatic rings. The molecule has 21 heavy (non-hydrogen) atoms. The third-order valence-corrected chi connectivity index (χ3v) is 3.29. The van der Waals surface area contributed by atoms with Crippen LogP contribution in [0.3, 0.4) is 0 Å². The molecule has 0 fully saturated rings. The summed E-state index contributed by atoms with van der Waals surface area (Å²) >= 11 is 0. The Morgan fingerprint density at radius 1 is 1.05 bits per heavy atom. The van der Waals surface area contributed by atoms with Gasteiger partial charge in [0.1, 0.15) is 0 Å². The van der Waals surface area contributed by atoms with Gasteiger partial charge >= 0.3 is 6.03 Å². The summed E-state index contributed by atoms with van der Waals surface area (Å²) in [6.45, 7) is 4.85. The average Bonchev–Trinajstić information content (AvgIpc) is 2.38. The van der Waals surface area contributed by atoms with Crippen LogP contribution in [-0.4, -0.2) is 18.5 Å². The SMILES string of the molecule is CC(C)(CCN)CCC(=O)Nc1ccc(NC(N)=O)cc1. The first-order valence-corrected chi connectivity index (χ1v) is 6.99. The number of carbonyl (C=O) groups excluding carboxylic acids is 2. The molecular formula is C15H24N4O2. The number of anilines is 2. The number of nitrogens with one attached hydrogen (secondary N) is 2. The Labute approximate surface area is 125 Å². The topological polar surface area (TPSA) is 110 Å². The van der Waals surface area contributed by atoms with E-state index < -0.39 is 6.03 Å². The Hall–Kier alpha value is -2.08. The van der Waals surface area contributed by atoms with Gasteiger partial charge in [0.25, 0.3) is 0 Å². The number of nitrogens with two attached hydrogens (primary N) is 2. The van der Waals surface area contributed by atoms with Gasteiger partial charge in [0, 0.05) is 17.8 Å². The van der Waals surface area contributed by atoms with E-state index in [4.69, 9.17) is 11.5 Å². The minimum Gasteiger partial charge on any atom is -0.351 e. The van der Waals surface area contributed by atoms with Gasteiger partial charge in [0.2, 0.25) is 5.91 Å². The maximum Gasteiger partial charge on any atom is 0.316 e. The van der Waals surface area contributed by atoms with Crippen molar-refractivity contribution in [1.29, 1.82) is 0 Å². The zero-order chi connectivity index (χ0) is 15.9. The number of rotatable bonds is 7. The summed E-state index contributed by atoms with van der Waals surface area (Å²) < 4.78 is 0. The summed E-state index contributed by atoms with van der Waals surface area (Å²) in [5.74, 6) is -0.0318. The van der Waals surface area contributed by atoms with Crippen molar-refractivity contribution in [2.45, 2.75) is 33.1 Å². The number of hydrogen-bond acceptors (Lipinski definition) is 3. The fourth-order valence-electron chi connectivity index (χ4n) is 1.97. The van der Waals surface area contributed by atoms with Crippen LogP contribution >= 0.6 is 0 Å². The first-order valence-electron chi connectivity index (χ1n) is 6.99. The van der Waals surface area contributed by atoms with Crippen LogP contribution in [0, 0.1) is 5.41 Å². The molecule has 1 aromatic carbocycles. The molecule has 3 amide bonds. The highest BCUT2D eigenvalue weighted by Gasteiger charge is 2.18. The van der Waals surface area contributed by atoms with Crippen LogP contribution in [-0.2, 0) is 4.79 Å².